The van der Waals surface area contributed by atoms with Gasteiger partial charge in [-0.1, -0.05) is 18.2 Å². The van der Waals surface area contributed by atoms with E-state index in [1.807, 2.05) is 61.5 Å². The Hall–Kier alpha value is -2.69. The van der Waals surface area contributed by atoms with Gasteiger partial charge in [-0.2, -0.15) is 5.10 Å². The zero-order valence-corrected chi connectivity index (χ0v) is 22.6. The Morgan fingerprint density at radius 1 is 1.19 bits per heavy atom. The Bertz CT molecular complexity index is 1080. The number of hydrogen-bond donors (Lipinski definition) is 0. The topological polar surface area (TPSA) is 95.4 Å². The highest BCUT2D eigenvalue weighted by Crippen LogP contribution is 2.37. The number of rotatable bonds is 10. The first-order valence-electron chi connectivity index (χ1n) is 13.1. The quantitative estimate of drug-likeness (QED) is 0.447. The molecule has 0 bridgehead atoms. The first-order chi connectivity index (χ1) is 17.7. The molecule has 1 aliphatic carbocycles. The summed E-state index contributed by atoms with van der Waals surface area (Å²) in [6.07, 6.45) is 0.749. The second-order valence-electron chi connectivity index (χ2n) is 10.7. The van der Waals surface area contributed by atoms with Gasteiger partial charge in [0.2, 0.25) is 0 Å². The highest BCUT2D eigenvalue weighted by atomic mass is 16.6. The zero-order valence-electron chi connectivity index (χ0n) is 22.6. The molecule has 4 rings (SSSR count). The lowest BCUT2D eigenvalue weighted by atomic mass is 10.1. The van der Waals surface area contributed by atoms with Crippen molar-refractivity contribution in [2.45, 2.75) is 70.9 Å². The van der Waals surface area contributed by atoms with Gasteiger partial charge in [0.05, 0.1) is 56.8 Å². The third-order valence-electron chi connectivity index (χ3n) is 6.57. The molecule has 1 aromatic heterocycles. The number of carbonyl (C=O) groups excluding carboxylic acids is 2. The summed E-state index contributed by atoms with van der Waals surface area (Å²) in [5.41, 5.74) is 1.26. The monoisotopic (exact) mass is 516 g/mol. The van der Waals surface area contributed by atoms with Crippen LogP contribution in [0.2, 0.25) is 0 Å². The molecule has 1 saturated heterocycles. The van der Waals surface area contributed by atoms with E-state index in [-0.39, 0.29) is 24.5 Å². The maximum absolute atomic E-state index is 13.8. The van der Waals surface area contributed by atoms with Crippen molar-refractivity contribution in [2.24, 2.45) is 0 Å². The number of benzene rings is 1. The first kappa shape index (κ1) is 27.3. The number of carbonyl (C=O) groups is 2. The van der Waals surface area contributed by atoms with Crippen molar-refractivity contribution in [3.63, 3.8) is 0 Å². The average Bonchev–Trinajstić information content (AvgIpc) is 3.63. The summed E-state index contributed by atoms with van der Waals surface area (Å²) in [5, 5.41) is 5.95. The normalized spacial score (nSPS) is 19.2. The molecule has 1 saturated carbocycles. The van der Waals surface area contributed by atoms with Crippen LogP contribution in [-0.4, -0.2) is 96.0 Å². The molecular formula is C27H40N4O6. The van der Waals surface area contributed by atoms with E-state index in [1.165, 1.54) is 0 Å². The van der Waals surface area contributed by atoms with Crippen LogP contribution < -0.4 is 0 Å². The molecule has 2 fully saturated rings. The summed E-state index contributed by atoms with van der Waals surface area (Å²) in [5.74, 6) is -0.107. The van der Waals surface area contributed by atoms with Crippen molar-refractivity contribution in [1.82, 2.24) is 19.6 Å². The molecule has 2 amide bonds. The molecule has 2 aliphatic rings. The Labute approximate surface area is 218 Å². The molecule has 2 heterocycles. The van der Waals surface area contributed by atoms with E-state index in [1.54, 1.807) is 12.0 Å². The molecule has 2 atom stereocenters. The lowest BCUT2D eigenvalue weighted by Gasteiger charge is -2.37. The van der Waals surface area contributed by atoms with Crippen molar-refractivity contribution in [2.75, 3.05) is 46.6 Å². The fourth-order valence-electron chi connectivity index (χ4n) is 4.66. The van der Waals surface area contributed by atoms with Crippen molar-refractivity contribution in [3.8, 4) is 0 Å². The van der Waals surface area contributed by atoms with Gasteiger partial charge < -0.3 is 28.7 Å². The van der Waals surface area contributed by atoms with Crippen molar-refractivity contribution >= 4 is 22.9 Å². The number of ether oxygens (including phenoxy) is 4. The van der Waals surface area contributed by atoms with Crippen LogP contribution >= 0.6 is 0 Å². The first-order valence-corrected chi connectivity index (χ1v) is 13.1. The minimum Gasteiger partial charge on any atom is -0.444 e. The van der Waals surface area contributed by atoms with Gasteiger partial charge in [-0.05, 0) is 46.6 Å². The van der Waals surface area contributed by atoms with Crippen LogP contribution in [-0.2, 0) is 30.3 Å². The highest BCUT2D eigenvalue weighted by molar-refractivity contribution is 5.86. The Balaban J connectivity index is 1.51. The van der Waals surface area contributed by atoms with Crippen LogP contribution in [0.1, 0.15) is 52.3 Å². The number of fused-ring (bicyclic) bond motifs is 1. The van der Waals surface area contributed by atoms with Crippen molar-refractivity contribution in [1.29, 1.82) is 0 Å². The molecule has 1 aromatic carbocycles. The molecule has 2 aromatic rings. The Morgan fingerprint density at radius 2 is 1.95 bits per heavy atom. The fraction of sp³-hybridized carbons (Fsp3) is 0.667. The molecule has 10 nitrogen and oxygen atoms in total. The number of amides is 2. The van der Waals surface area contributed by atoms with Crippen molar-refractivity contribution in [3.05, 3.63) is 30.0 Å². The van der Waals surface area contributed by atoms with Gasteiger partial charge in [-0.3, -0.25) is 9.48 Å². The number of para-hydroxylation sites is 1. The molecule has 0 unspecified atom stereocenters. The summed E-state index contributed by atoms with van der Waals surface area (Å²) < 4.78 is 24.1. The minimum atomic E-state index is -0.730. The molecule has 204 valence electrons. The number of hydrogen-bond acceptors (Lipinski definition) is 7. The third kappa shape index (κ3) is 6.80. The van der Waals surface area contributed by atoms with Crippen LogP contribution in [0.4, 0.5) is 4.79 Å². The summed E-state index contributed by atoms with van der Waals surface area (Å²) in [6.45, 7) is 10.6. The predicted molar refractivity (Wildman–Crippen MR) is 138 cm³/mol. The third-order valence-corrected chi connectivity index (χ3v) is 6.57. The summed E-state index contributed by atoms with van der Waals surface area (Å²) in [4.78, 5) is 29.9. The van der Waals surface area contributed by atoms with Crippen LogP contribution in [0, 0.1) is 0 Å². The zero-order chi connectivity index (χ0) is 26.6. The standard InChI is InChI=1S/C27H40N4O6/c1-19(24-21-8-6-7-9-22(21)30(28-24)13-14-35-17-16-34-5)31(20-10-11-20)25(32)23-18-29(12-15-36-23)26(33)37-27(2,3)4/h6-9,19-20,23H,10-18H2,1-5H3/t19-,23-/m1/s1. The van der Waals surface area contributed by atoms with Gasteiger partial charge in [-0.25, -0.2) is 4.79 Å². The molecule has 37 heavy (non-hydrogen) atoms. The van der Waals surface area contributed by atoms with Gasteiger partial charge in [-0.15, -0.1) is 0 Å². The largest absolute Gasteiger partial charge is 0.444 e. The lowest BCUT2D eigenvalue weighted by Crippen LogP contribution is -2.54. The van der Waals surface area contributed by atoms with Crippen LogP contribution in [0.25, 0.3) is 10.9 Å². The van der Waals surface area contributed by atoms with E-state index >= 15 is 0 Å². The fourth-order valence-corrected chi connectivity index (χ4v) is 4.66. The highest BCUT2D eigenvalue weighted by Gasteiger charge is 2.42. The average molecular weight is 517 g/mol. The lowest BCUT2D eigenvalue weighted by molar-refractivity contribution is -0.151. The maximum Gasteiger partial charge on any atom is 0.410 e. The summed E-state index contributed by atoms with van der Waals surface area (Å²) in [7, 11) is 1.65. The van der Waals surface area contributed by atoms with Crippen LogP contribution in [0.3, 0.4) is 0 Å². The van der Waals surface area contributed by atoms with Crippen LogP contribution in [0.5, 0.6) is 0 Å². The van der Waals surface area contributed by atoms with Gasteiger partial charge in [0.25, 0.3) is 5.91 Å². The maximum atomic E-state index is 13.8. The SMILES string of the molecule is COCCOCCn1nc([C@@H](C)N(C(=O)[C@H]2CN(C(=O)OC(C)(C)C)CCO2)C2CC2)c2ccccc21. The minimum absolute atomic E-state index is 0.107. The van der Waals surface area contributed by atoms with E-state index in [0.29, 0.717) is 39.5 Å². The number of nitrogens with zero attached hydrogens (tertiary/aromatic N) is 4. The molecule has 0 radical (unpaired) electrons. The van der Waals surface area contributed by atoms with E-state index in [0.717, 1.165) is 29.4 Å². The molecule has 10 heteroatoms. The second kappa shape index (κ2) is 11.8. The van der Waals surface area contributed by atoms with Crippen LogP contribution in [0.15, 0.2) is 24.3 Å². The molecular weight excluding hydrogens is 476 g/mol. The van der Waals surface area contributed by atoms with E-state index in [9.17, 15) is 9.59 Å². The van der Waals surface area contributed by atoms with E-state index in [2.05, 4.69) is 0 Å². The second-order valence-corrected chi connectivity index (χ2v) is 10.7. The molecule has 1 aliphatic heterocycles. The summed E-state index contributed by atoms with van der Waals surface area (Å²) in [6, 6.07) is 7.97. The van der Waals surface area contributed by atoms with Gasteiger partial charge in [0.15, 0.2) is 6.10 Å². The number of methoxy groups -OCH3 is 1. The molecule has 0 spiro atoms. The van der Waals surface area contributed by atoms with E-state index in [4.69, 9.17) is 24.0 Å². The Morgan fingerprint density at radius 3 is 2.65 bits per heavy atom. The van der Waals surface area contributed by atoms with Gasteiger partial charge >= 0.3 is 6.09 Å². The predicted octanol–water partition coefficient (Wildman–Crippen LogP) is 3.39. The van der Waals surface area contributed by atoms with Crippen molar-refractivity contribution < 1.29 is 28.5 Å². The smallest absolute Gasteiger partial charge is 0.410 e. The number of morpholine rings is 1. The van der Waals surface area contributed by atoms with E-state index < -0.39 is 17.8 Å². The van der Waals surface area contributed by atoms with Gasteiger partial charge in [0.1, 0.15) is 5.60 Å². The Kier molecular flexibility index (Phi) is 8.71. The summed E-state index contributed by atoms with van der Waals surface area (Å²) >= 11 is 0. The van der Waals surface area contributed by atoms with Gasteiger partial charge in [0, 0.05) is 25.1 Å². The molecule has 0 N–H and O–H groups in total. The number of aromatic nitrogens is 2.